The highest BCUT2D eigenvalue weighted by Crippen LogP contribution is 2.44. The van der Waals surface area contributed by atoms with E-state index in [4.69, 9.17) is 0 Å². The number of hydrogen-bond acceptors (Lipinski definition) is 2. The molecule has 0 atom stereocenters. The van der Waals surface area contributed by atoms with Crippen LogP contribution in [0.15, 0.2) is 16.6 Å². The largest absolute Gasteiger partial charge is 0.424 e. The molecule has 9 heteroatoms. The van der Waals surface area contributed by atoms with E-state index in [0.29, 0.717) is 12.1 Å². The minimum absolute atomic E-state index is 0.412. The van der Waals surface area contributed by atoms with Crippen molar-refractivity contribution in [3.8, 4) is 0 Å². The molecule has 94 valence electrons. The molecule has 0 amide bonds. The quantitative estimate of drug-likeness (QED) is 0.463. The molecule has 3 nitrogen and oxygen atoms in total. The van der Waals surface area contributed by atoms with Crippen LogP contribution >= 0.6 is 15.9 Å². The van der Waals surface area contributed by atoms with E-state index in [1.54, 1.807) is 0 Å². The fraction of sp³-hybridized carbons (Fsp3) is 0.250. The van der Waals surface area contributed by atoms with Crippen molar-refractivity contribution in [1.82, 2.24) is 0 Å². The first-order chi connectivity index (χ1) is 7.66. The van der Waals surface area contributed by atoms with Crippen molar-refractivity contribution in [2.75, 3.05) is 0 Å². The molecule has 1 aromatic rings. The fourth-order valence-corrected chi connectivity index (χ4v) is 1.91. The van der Waals surface area contributed by atoms with Crippen LogP contribution in [0.25, 0.3) is 0 Å². The maximum Gasteiger partial charge on any atom is 0.424 e. The Morgan fingerprint density at radius 3 is 2.18 bits per heavy atom. The van der Waals surface area contributed by atoms with Crippen molar-refractivity contribution in [3.05, 3.63) is 37.8 Å². The Morgan fingerprint density at radius 1 is 1.29 bits per heavy atom. The summed E-state index contributed by atoms with van der Waals surface area (Å²) in [6.07, 6.45) is -8.25. The predicted octanol–water partition coefficient (Wildman–Crippen LogP) is 4.31. The monoisotopic (exact) mass is 319 g/mol. The van der Waals surface area contributed by atoms with Crippen molar-refractivity contribution in [1.29, 1.82) is 0 Å². The molecule has 0 N–H and O–H groups in total. The standard InChI is InChI=1S/C8H3BrF5NO2/c9-6-3(7(10)11)1-2-4(15(16)17)5(6)8(12,13)14/h1-2,7H. The molecule has 0 aromatic heterocycles. The van der Waals surface area contributed by atoms with Crippen LogP contribution in [0.2, 0.25) is 0 Å². The second-order valence-electron chi connectivity index (χ2n) is 2.92. The summed E-state index contributed by atoms with van der Waals surface area (Å²) in [5.41, 5.74) is -3.92. The zero-order valence-corrected chi connectivity index (χ0v) is 9.35. The first-order valence-electron chi connectivity index (χ1n) is 3.98. The molecule has 0 aliphatic carbocycles. The zero-order valence-electron chi connectivity index (χ0n) is 7.76. The lowest BCUT2D eigenvalue weighted by atomic mass is 10.1. The molecular weight excluding hydrogens is 317 g/mol. The summed E-state index contributed by atoms with van der Waals surface area (Å²) in [6, 6.07) is 0.997. The van der Waals surface area contributed by atoms with E-state index in [1.165, 1.54) is 0 Å². The van der Waals surface area contributed by atoms with Crippen molar-refractivity contribution in [3.63, 3.8) is 0 Å². The number of nitro groups is 1. The van der Waals surface area contributed by atoms with Crippen molar-refractivity contribution < 1.29 is 26.9 Å². The zero-order chi connectivity index (χ0) is 13.4. The first kappa shape index (κ1) is 13.8. The molecule has 0 heterocycles. The normalized spacial score (nSPS) is 11.9. The number of benzene rings is 1. The maximum absolute atomic E-state index is 12.5. The van der Waals surface area contributed by atoms with Crippen LogP contribution in [0.5, 0.6) is 0 Å². The second kappa shape index (κ2) is 4.55. The van der Waals surface area contributed by atoms with Gasteiger partial charge in [0.25, 0.3) is 12.1 Å². The summed E-state index contributed by atoms with van der Waals surface area (Å²) in [4.78, 5) is 9.12. The maximum atomic E-state index is 12.5. The third kappa shape index (κ3) is 2.71. The first-order valence-corrected chi connectivity index (χ1v) is 4.77. The molecule has 0 fully saturated rings. The van der Waals surface area contributed by atoms with Crippen LogP contribution in [0.4, 0.5) is 27.6 Å². The third-order valence-corrected chi connectivity index (χ3v) is 2.72. The highest BCUT2D eigenvalue weighted by atomic mass is 79.9. The number of alkyl halides is 5. The average Bonchev–Trinajstić information content (AvgIpc) is 2.14. The third-order valence-electron chi connectivity index (χ3n) is 1.87. The Bertz CT molecular complexity index is 460. The Labute approximate surface area is 99.5 Å². The van der Waals surface area contributed by atoms with E-state index >= 15 is 0 Å². The van der Waals surface area contributed by atoms with Crippen LogP contribution in [0.3, 0.4) is 0 Å². The molecule has 0 saturated carbocycles. The lowest BCUT2D eigenvalue weighted by Crippen LogP contribution is -2.11. The number of nitrogens with zero attached hydrogens (tertiary/aromatic N) is 1. The average molecular weight is 320 g/mol. The van der Waals surface area contributed by atoms with E-state index in [-0.39, 0.29) is 0 Å². The molecule has 0 aliphatic rings. The van der Waals surface area contributed by atoms with Crippen LogP contribution in [-0.2, 0) is 6.18 Å². The van der Waals surface area contributed by atoms with Gasteiger partial charge in [0.1, 0.15) is 5.56 Å². The van der Waals surface area contributed by atoms with Crippen LogP contribution < -0.4 is 0 Å². The van der Waals surface area contributed by atoms with Gasteiger partial charge in [-0.25, -0.2) is 8.78 Å². The van der Waals surface area contributed by atoms with E-state index in [9.17, 15) is 32.1 Å². The van der Waals surface area contributed by atoms with Gasteiger partial charge in [0.15, 0.2) is 0 Å². The van der Waals surface area contributed by atoms with Gasteiger partial charge in [0.2, 0.25) is 0 Å². The molecule has 0 aliphatic heterocycles. The summed E-state index contributed by atoms with van der Waals surface area (Å²) < 4.78 is 61.3. The highest BCUT2D eigenvalue weighted by Gasteiger charge is 2.42. The predicted molar refractivity (Wildman–Crippen MR) is 50.8 cm³/mol. The number of nitro benzene ring substituents is 1. The minimum Gasteiger partial charge on any atom is -0.258 e. The number of hydrogen-bond donors (Lipinski definition) is 0. The van der Waals surface area contributed by atoms with Crippen molar-refractivity contribution in [2.45, 2.75) is 12.6 Å². The summed E-state index contributed by atoms with van der Waals surface area (Å²) in [6.45, 7) is 0. The molecule has 0 saturated heterocycles. The van der Waals surface area contributed by atoms with Crippen LogP contribution in [0.1, 0.15) is 17.6 Å². The lowest BCUT2D eigenvalue weighted by Gasteiger charge is -2.12. The molecule has 0 spiro atoms. The Kier molecular flexibility index (Phi) is 3.70. The SMILES string of the molecule is O=[N+]([O-])c1ccc(C(F)F)c(Br)c1C(F)(F)F. The van der Waals surface area contributed by atoms with Gasteiger partial charge in [-0.2, -0.15) is 13.2 Å². The minimum atomic E-state index is -5.09. The second-order valence-corrected chi connectivity index (χ2v) is 3.71. The molecule has 17 heavy (non-hydrogen) atoms. The van der Waals surface area contributed by atoms with E-state index in [2.05, 4.69) is 15.9 Å². The van der Waals surface area contributed by atoms with Gasteiger partial charge >= 0.3 is 6.18 Å². The van der Waals surface area contributed by atoms with E-state index < -0.39 is 38.8 Å². The Hall–Kier alpha value is -1.25. The van der Waals surface area contributed by atoms with Crippen molar-refractivity contribution >= 4 is 21.6 Å². The van der Waals surface area contributed by atoms with Gasteiger partial charge in [-0.05, 0) is 22.0 Å². The smallest absolute Gasteiger partial charge is 0.258 e. The Morgan fingerprint density at radius 2 is 1.82 bits per heavy atom. The summed E-state index contributed by atoms with van der Waals surface area (Å²) >= 11 is 2.33. The van der Waals surface area contributed by atoms with E-state index in [0.717, 1.165) is 0 Å². The summed E-state index contributed by atoms with van der Waals surface area (Å²) in [7, 11) is 0. The van der Waals surface area contributed by atoms with Crippen molar-refractivity contribution in [2.24, 2.45) is 0 Å². The van der Waals surface area contributed by atoms with Crippen LogP contribution in [0, 0.1) is 10.1 Å². The van der Waals surface area contributed by atoms with Gasteiger partial charge in [0.05, 0.1) is 4.92 Å². The topological polar surface area (TPSA) is 43.1 Å². The molecule has 0 bridgehead atoms. The lowest BCUT2D eigenvalue weighted by molar-refractivity contribution is -0.388. The summed E-state index contributed by atoms with van der Waals surface area (Å²) in [5.74, 6) is 0. The van der Waals surface area contributed by atoms with Gasteiger partial charge in [0, 0.05) is 16.1 Å². The Balaban J connectivity index is 3.60. The van der Waals surface area contributed by atoms with Gasteiger partial charge in [-0.15, -0.1) is 0 Å². The van der Waals surface area contributed by atoms with Gasteiger partial charge < -0.3 is 0 Å². The van der Waals surface area contributed by atoms with E-state index in [1.807, 2.05) is 0 Å². The number of rotatable bonds is 2. The summed E-state index contributed by atoms with van der Waals surface area (Å²) in [5, 5.41) is 10.4. The molecule has 1 rings (SSSR count). The highest BCUT2D eigenvalue weighted by molar-refractivity contribution is 9.10. The van der Waals surface area contributed by atoms with Crippen LogP contribution in [-0.4, -0.2) is 4.92 Å². The molecule has 0 radical (unpaired) electrons. The van der Waals surface area contributed by atoms with Gasteiger partial charge in [-0.1, -0.05) is 0 Å². The fourth-order valence-electron chi connectivity index (χ4n) is 1.17. The molecule has 1 aromatic carbocycles. The number of halogens is 6. The molecular formula is C8H3BrF5NO2. The van der Waals surface area contributed by atoms with Gasteiger partial charge in [-0.3, -0.25) is 10.1 Å². The molecule has 0 unspecified atom stereocenters.